The van der Waals surface area contributed by atoms with Gasteiger partial charge in [-0.25, -0.2) is 0 Å². The molecular formula is C21H28N2O. The van der Waals surface area contributed by atoms with Gasteiger partial charge in [0.1, 0.15) is 6.17 Å². The molecule has 128 valence electrons. The number of likely N-dealkylation sites (tertiary alicyclic amines) is 1. The minimum Gasteiger partial charge on any atom is -0.346 e. The molecule has 0 spiro atoms. The maximum atomic E-state index is 12.6. The van der Waals surface area contributed by atoms with Crippen LogP contribution in [0.5, 0.6) is 0 Å². The second-order valence-electron chi connectivity index (χ2n) is 7.65. The first-order valence-electron chi connectivity index (χ1n) is 8.75. The zero-order chi connectivity index (χ0) is 17.5. The lowest BCUT2D eigenvalue weighted by atomic mass is 9.76. The van der Waals surface area contributed by atoms with Gasteiger partial charge in [-0.1, -0.05) is 41.5 Å². The number of carbonyl (C=O) groups is 1. The third-order valence-electron chi connectivity index (χ3n) is 5.34. The molecule has 3 rings (SSSR count). The van der Waals surface area contributed by atoms with E-state index in [1.165, 1.54) is 22.4 Å². The van der Waals surface area contributed by atoms with E-state index in [9.17, 15) is 4.79 Å². The Morgan fingerprint density at radius 1 is 1.17 bits per heavy atom. The molecular weight excluding hydrogens is 296 g/mol. The van der Waals surface area contributed by atoms with Crippen LogP contribution in [0.15, 0.2) is 47.6 Å². The maximum Gasteiger partial charge on any atom is 0.225 e. The number of hydrogen-bond acceptors (Lipinski definition) is 2. The number of anilines is 1. The van der Waals surface area contributed by atoms with Crippen LogP contribution in [0.2, 0.25) is 0 Å². The van der Waals surface area contributed by atoms with Crippen molar-refractivity contribution in [2.75, 3.05) is 18.5 Å². The number of benzene rings is 1. The van der Waals surface area contributed by atoms with Gasteiger partial charge in [-0.3, -0.25) is 4.79 Å². The molecule has 0 bridgehead atoms. The molecule has 0 N–H and O–H groups in total. The smallest absolute Gasteiger partial charge is 0.225 e. The SMILES string of the molecule is CC(C)=CCN1c2ccccc2[C@]2(CC=C(C)C)CC(=O)N(C)[C@H]12. The largest absolute Gasteiger partial charge is 0.346 e. The highest BCUT2D eigenvalue weighted by molar-refractivity contribution is 5.86. The number of nitrogens with zero attached hydrogens (tertiary/aromatic N) is 2. The summed E-state index contributed by atoms with van der Waals surface area (Å²) < 4.78 is 0. The summed E-state index contributed by atoms with van der Waals surface area (Å²) in [5.74, 6) is 0.249. The van der Waals surface area contributed by atoms with Gasteiger partial charge in [-0.05, 0) is 45.7 Å². The average Bonchev–Trinajstić information content (AvgIpc) is 2.94. The van der Waals surface area contributed by atoms with E-state index in [-0.39, 0.29) is 17.5 Å². The Morgan fingerprint density at radius 3 is 2.50 bits per heavy atom. The quantitative estimate of drug-likeness (QED) is 0.773. The highest BCUT2D eigenvalue weighted by atomic mass is 16.2. The van der Waals surface area contributed by atoms with Crippen molar-refractivity contribution in [2.24, 2.45) is 0 Å². The lowest BCUT2D eigenvalue weighted by Crippen LogP contribution is -2.49. The van der Waals surface area contributed by atoms with Gasteiger partial charge in [-0.15, -0.1) is 0 Å². The number of carbonyl (C=O) groups excluding carboxylic acids is 1. The maximum absolute atomic E-state index is 12.6. The standard InChI is InChI=1S/C21H28N2O/c1-15(2)10-12-21-14-19(24)22(5)20(21)23(13-11-16(3)4)18-9-7-6-8-17(18)21/h6-11,20H,12-14H2,1-5H3/t20-,21+/m1/s1. The molecule has 24 heavy (non-hydrogen) atoms. The topological polar surface area (TPSA) is 23.6 Å². The molecule has 0 aliphatic carbocycles. The fourth-order valence-corrected chi connectivity index (χ4v) is 4.16. The number of hydrogen-bond donors (Lipinski definition) is 0. The van der Waals surface area contributed by atoms with Crippen LogP contribution >= 0.6 is 0 Å². The molecule has 2 heterocycles. The monoisotopic (exact) mass is 324 g/mol. The van der Waals surface area contributed by atoms with Crippen molar-refractivity contribution in [1.29, 1.82) is 0 Å². The first kappa shape index (κ1) is 16.8. The number of amides is 1. The Kier molecular flexibility index (Phi) is 4.29. The van der Waals surface area contributed by atoms with Crippen molar-refractivity contribution in [3.8, 4) is 0 Å². The van der Waals surface area contributed by atoms with E-state index >= 15 is 0 Å². The van der Waals surface area contributed by atoms with Gasteiger partial charge in [0, 0.05) is 31.1 Å². The molecule has 1 fully saturated rings. The number of rotatable bonds is 4. The Bertz CT molecular complexity index is 710. The third kappa shape index (κ3) is 2.56. The van der Waals surface area contributed by atoms with Gasteiger partial charge in [0.05, 0.1) is 0 Å². The first-order valence-corrected chi connectivity index (χ1v) is 8.75. The fraction of sp³-hybridized carbons (Fsp3) is 0.476. The first-order chi connectivity index (χ1) is 11.4. The fourth-order valence-electron chi connectivity index (χ4n) is 4.16. The number of fused-ring (bicyclic) bond motifs is 3. The molecule has 0 aromatic heterocycles. The molecule has 2 aliphatic heterocycles. The molecule has 0 saturated carbocycles. The molecule has 2 atom stereocenters. The Hall–Kier alpha value is -2.03. The molecule has 1 aromatic rings. The summed E-state index contributed by atoms with van der Waals surface area (Å²) in [6.07, 6.45) is 6.16. The van der Waals surface area contributed by atoms with Crippen LogP contribution in [0.4, 0.5) is 5.69 Å². The highest BCUT2D eigenvalue weighted by Gasteiger charge is 2.58. The predicted molar refractivity (Wildman–Crippen MR) is 100 cm³/mol. The van der Waals surface area contributed by atoms with Gasteiger partial charge in [0.2, 0.25) is 5.91 Å². The van der Waals surface area contributed by atoms with Crippen molar-refractivity contribution < 1.29 is 4.79 Å². The van der Waals surface area contributed by atoms with E-state index in [1.807, 2.05) is 11.9 Å². The summed E-state index contributed by atoms with van der Waals surface area (Å²) in [7, 11) is 1.96. The summed E-state index contributed by atoms with van der Waals surface area (Å²) in [6.45, 7) is 9.37. The number of para-hydroxylation sites is 1. The van der Waals surface area contributed by atoms with E-state index in [1.54, 1.807) is 0 Å². The Balaban J connectivity index is 2.13. The van der Waals surface area contributed by atoms with Crippen LogP contribution < -0.4 is 4.90 Å². The highest BCUT2D eigenvalue weighted by Crippen LogP contribution is 2.54. The van der Waals surface area contributed by atoms with Crippen LogP contribution in [-0.4, -0.2) is 30.6 Å². The van der Waals surface area contributed by atoms with Gasteiger partial charge < -0.3 is 9.80 Å². The van der Waals surface area contributed by atoms with Crippen LogP contribution in [-0.2, 0) is 10.2 Å². The van der Waals surface area contributed by atoms with Crippen LogP contribution in [0.3, 0.4) is 0 Å². The van der Waals surface area contributed by atoms with E-state index in [0.717, 1.165) is 13.0 Å². The zero-order valence-electron chi connectivity index (χ0n) is 15.5. The van der Waals surface area contributed by atoms with Crippen molar-refractivity contribution in [2.45, 2.75) is 52.1 Å². The lowest BCUT2D eigenvalue weighted by Gasteiger charge is -2.36. The number of allylic oxidation sites excluding steroid dienone is 3. The average molecular weight is 324 g/mol. The second kappa shape index (κ2) is 6.12. The molecule has 2 aliphatic rings. The summed E-state index contributed by atoms with van der Waals surface area (Å²) in [5.41, 5.74) is 5.09. The normalized spacial score (nSPS) is 24.7. The Morgan fingerprint density at radius 2 is 1.83 bits per heavy atom. The molecule has 3 heteroatoms. The van der Waals surface area contributed by atoms with E-state index in [4.69, 9.17) is 0 Å². The molecule has 1 amide bonds. The number of likely N-dealkylation sites (N-methyl/N-ethyl adjacent to an activating group) is 1. The predicted octanol–water partition coefficient (Wildman–Crippen LogP) is 4.26. The second-order valence-corrected chi connectivity index (χ2v) is 7.65. The molecule has 1 aromatic carbocycles. The van der Waals surface area contributed by atoms with Crippen LogP contribution in [0, 0.1) is 0 Å². The molecule has 0 unspecified atom stereocenters. The molecule has 0 radical (unpaired) electrons. The van der Waals surface area contributed by atoms with E-state index in [0.29, 0.717) is 6.42 Å². The molecule has 3 nitrogen and oxygen atoms in total. The summed E-state index contributed by atoms with van der Waals surface area (Å²) in [4.78, 5) is 17.0. The minimum atomic E-state index is -0.130. The zero-order valence-corrected chi connectivity index (χ0v) is 15.5. The van der Waals surface area contributed by atoms with Crippen molar-refractivity contribution in [3.05, 3.63) is 53.1 Å². The summed E-state index contributed by atoms with van der Waals surface area (Å²) >= 11 is 0. The lowest BCUT2D eigenvalue weighted by molar-refractivity contribution is -0.127. The van der Waals surface area contributed by atoms with Crippen LogP contribution in [0.25, 0.3) is 0 Å². The van der Waals surface area contributed by atoms with E-state index in [2.05, 4.69) is 69.0 Å². The van der Waals surface area contributed by atoms with Crippen molar-refractivity contribution in [1.82, 2.24) is 4.90 Å². The van der Waals surface area contributed by atoms with Gasteiger partial charge in [0.15, 0.2) is 0 Å². The van der Waals surface area contributed by atoms with Gasteiger partial charge >= 0.3 is 0 Å². The van der Waals surface area contributed by atoms with E-state index < -0.39 is 0 Å². The minimum absolute atomic E-state index is 0.105. The van der Waals surface area contributed by atoms with Crippen LogP contribution in [0.1, 0.15) is 46.1 Å². The van der Waals surface area contributed by atoms with Crippen molar-refractivity contribution >= 4 is 11.6 Å². The van der Waals surface area contributed by atoms with Gasteiger partial charge in [-0.2, -0.15) is 0 Å². The van der Waals surface area contributed by atoms with Gasteiger partial charge in [0.25, 0.3) is 0 Å². The molecule has 1 saturated heterocycles. The summed E-state index contributed by atoms with van der Waals surface area (Å²) in [6, 6.07) is 8.63. The Labute approximate surface area is 145 Å². The summed E-state index contributed by atoms with van der Waals surface area (Å²) in [5, 5.41) is 0. The van der Waals surface area contributed by atoms with Crippen molar-refractivity contribution in [3.63, 3.8) is 0 Å². The third-order valence-corrected chi connectivity index (χ3v) is 5.34.